The standard InChI is InChI=1S/C19H22N2O3/c1-14-7-9-16(10-8-14)17-5-2-4-15(12-17)13-21-19(24)20-11-3-6-18(22)23/h2,4-5,7-10,12H,3,6,11,13H2,1H3,(H,22,23)(H2,20,21,24). The molecule has 0 heterocycles. The van der Waals surface area contributed by atoms with E-state index >= 15 is 0 Å². The fraction of sp³-hybridized carbons (Fsp3) is 0.263. The molecule has 0 saturated carbocycles. The molecule has 0 bridgehead atoms. The molecular formula is C19H22N2O3. The lowest BCUT2D eigenvalue weighted by atomic mass is 10.0. The molecule has 0 unspecified atom stereocenters. The van der Waals surface area contributed by atoms with E-state index in [1.807, 2.05) is 18.2 Å². The van der Waals surface area contributed by atoms with E-state index in [1.54, 1.807) is 0 Å². The van der Waals surface area contributed by atoms with Crippen LogP contribution in [0.1, 0.15) is 24.0 Å². The zero-order chi connectivity index (χ0) is 17.4. The van der Waals surface area contributed by atoms with Gasteiger partial charge in [-0.3, -0.25) is 4.79 Å². The first-order valence-corrected chi connectivity index (χ1v) is 7.94. The summed E-state index contributed by atoms with van der Waals surface area (Å²) in [4.78, 5) is 22.1. The first-order valence-electron chi connectivity index (χ1n) is 7.94. The van der Waals surface area contributed by atoms with Crippen molar-refractivity contribution in [3.05, 3.63) is 59.7 Å². The molecule has 0 saturated heterocycles. The summed E-state index contributed by atoms with van der Waals surface area (Å²) in [5.41, 5.74) is 4.47. The van der Waals surface area contributed by atoms with Crippen molar-refractivity contribution in [3.8, 4) is 11.1 Å². The highest BCUT2D eigenvalue weighted by Crippen LogP contribution is 2.20. The van der Waals surface area contributed by atoms with Crippen LogP contribution in [0.4, 0.5) is 4.79 Å². The molecule has 0 aliphatic carbocycles. The maximum atomic E-state index is 11.7. The second kappa shape index (κ2) is 8.72. The second-order valence-corrected chi connectivity index (χ2v) is 5.67. The Labute approximate surface area is 141 Å². The minimum absolute atomic E-state index is 0.0544. The van der Waals surface area contributed by atoms with Crippen LogP contribution in [0.15, 0.2) is 48.5 Å². The predicted octanol–water partition coefficient (Wildman–Crippen LogP) is 3.33. The van der Waals surface area contributed by atoms with Crippen molar-refractivity contribution in [2.24, 2.45) is 0 Å². The van der Waals surface area contributed by atoms with Crippen LogP contribution in [-0.4, -0.2) is 23.7 Å². The fourth-order valence-corrected chi connectivity index (χ4v) is 2.29. The third-order valence-corrected chi connectivity index (χ3v) is 3.62. The monoisotopic (exact) mass is 326 g/mol. The molecule has 0 spiro atoms. The SMILES string of the molecule is Cc1ccc(-c2cccc(CNC(=O)NCCCC(=O)O)c2)cc1. The Morgan fingerprint density at radius 2 is 1.75 bits per heavy atom. The van der Waals surface area contributed by atoms with E-state index in [-0.39, 0.29) is 12.5 Å². The number of carbonyl (C=O) groups excluding carboxylic acids is 1. The number of nitrogens with one attached hydrogen (secondary N) is 2. The van der Waals surface area contributed by atoms with Crippen molar-refractivity contribution in [1.82, 2.24) is 10.6 Å². The lowest BCUT2D eigenvalue weighted by Crippen LogP contribution is -2.35. The molecule has 2 aromatic carbocycles. The molecule has 0 atom stereocenters. The van der Waals surface area contributed by atoms with Gasteiger partial charge in [0, 0.05) is 19.5 Å². The van der Waals surface area contributed by atoms with Gasteiger partial charge in [0.25, 0.3) is 0 Å². The van der Waals surface area contributed by atoms with Gasteiger partial charge >= 0.3 is 12.0 Å². The Hall–Kier alpha value is -2.82. The summed E-state index contributed by atoms with van der Waals surface area (Å²) < 4.78 is 0. The number of hydrogen-bond acceptors (Lipinski definition) is 2. The molecular weight excluding hydrogens is 304 g/mol. The molecule has 0 radical (unpaired) electrons. The van der Waals surface area contributed by atoms with Crippen LogP contribution in [0.5, 0.6) is 0 Å². The highest BCUT2D eigenvalue weighted by atomic mass is 16.4. The van der Waals surface area contributed by atoms with Gasteiger partial charge in [0.2, 0.25) is 0 Å². The number of aryl methyl sites for hydroxylation is 1. The summed E-state index contributed by atoms with van der Waals surface area (Å²) in [5.74, 6) is -0.856. The zero-order valence-corrected chi connectivity index (χ0v) is 13.7. The Bertz CT molecular complexity index is 696. The second-order valence-electron chi connectivity index (χ2n) is 5.67. The van der Waals surface area contributed by atoms with Gasteiger partial charge in [0.05, 0.1) is 0 Å². The van der Waals surface area contributed by atoms with Crippen molar-refractivity contribution < 1.29 is 14.7 Å². The van der Waals surface area contributed by atoms with E-state index in [9.17, 15) is 9.59 Å². The number of carbonyl (C=O) groups is 2. The minimum Gasteiger partial charge on any atom is -0.481 e. The lowest BCUT2D eigenvalue weighted by molar-refractivity contribution is -0.137. The van der Waals surface area contributed by atoms with E-state index < -0.39 is 5.97 Å². The van der Waals surface area contributed by atoms with Crippen molar-refractivity contribution >= 4 is 12.0 Å². The number of amides is 2. The van der Waals surface area contributed by atoms with Gasteiger partial charge in [-0.15, -0.1) is 0 Å². The largest absolute Gasteiger partial charge is 0.481 e. The molecule has 126 valence electrons. The zero-order valence-electron chi connectivity index (χ0n) is 13.7. The number of aliphatic carboxylic acids is 1. The van der Waals surface area contributed by atoms with E-state index in [4.69, 9.17) is 5.11 Å². The van der Waals surface area contributed by atoms with Crippen molar-refractivity contribution in [3.63, 3.8) is 0 Å². The van der Waals surface area contributed by atoms with Crippen molar-refractivity contribution in [2.45, 2.75) is 26.3 Å². The summed E-state index contributed by atoms with van der Waals surface area (Å²) >= 11 is 0. The van der Waals surface area contributed by atoms with Crippen molar-refractivity contribution in [2.75, 3.05) is 6.54 Å². The van der Waals surface area contributed by atoms with E-state index in [0.29, 0.717) is 19.5 Å². The summed E-state index contributed by atoms with van der Waals surface area (Å²) in [7, 11) is 0. The van der Waals surface area contributed by atoms with Crippen LogP contribution in [0.25, 0.3) is 11.1 Å². The number of carboxylic acid groups (broad SMARTS) is 1. The molecule has 0 fully saturated rings. The third kappa shape index (κ3) is 5.76. The van der Waals surface area contributed by atoms with Crippen LogP contribution in [0.2, 0.25) is 0 Å². The van der Waals surface area contributed by atoms with E-state index in [0.717, 1.165) is 16.7 Å². The summed E-state index contributed by atoms with van der Waals surface area (Å²) in [6, 6.07) is 16.0. The van der Waals surface area contributed by atoms with Crippen LogP contribution in [0.3, 0.4) is 0 Å². The molecule has 2 amide bonds. The number of urea groups is 1. The molecule has 0 aromatic heterocycles. The molecule has 2 aromatic rings. The highest BCUT2D eigenvalue weighted by Gasteiger charge is 2.03. The first-order chi connectivity index (χ1) is 11.5. The smallest absolute Gasteiger partial charge is 0.315 e. The number of rotatable bonds is 7. The van der Waals surface area contributed by atoms with Gasteiger partial charge in [0.1, 0.15) is 0 Å². The molecule has 0 aliphatic rings. The number of carboxylic acids is 1. The average Bonchev–Trinajstić information content (AvgIpc) is 2.58. The van der Waals surface area contributed by atoms with Gasteiger partial charge in [-0.25, -0.2) is 4.79 Å². The highest BCUT2D eigenvalue weighted by molar-refractivity contribution is 5.74. The molecule has 24 heavy (non-hydrogen) atoms. The minimum atomic E-state index is -0.856. The lowest BCUT2D eigenvalue weighted by Gasteiger charge is -2.09. The maximum Gasteiger partial charge on any atom is 0.315 e. The summed E-state index contributed by atoms with van der Waals surface area (Å²) in [5, 5.41) is 14.0. The summed E-state index contributed by atoms with van der Waals surface area (Å²) in [6.45, 7) is 2.82. The number of benzene rings is 2. The Kier molecular flexibility index (Phi) is 6.37. The summed E-state index contributed by atoms with van der Waals surface area (Å²) in [6.07, 6.45) is 0.477. The predicted molar refractivity (Wildman–Crippen MR) is 93.7 cm³/mol. The van der Waals surface area contributed by atoms with Gasteiger partial charge in [-0.05, 0) is 36.1 Å². The molecule has 5 heteroatoms. The topological polar surface area (TPSA) is 78.4 Å². The van der Waals surface area contributed by atoms with Gasteiger partial charge in [0.15, 0.2) is 0 Å². The molecule has 2 rings (SSSR count). The van der Waals surface area contributed by atoms with Gasteiger partial charge < -0.3 is 15.7 Å². The first kappa shape index (κ1) is 17.5. The van der Waals surface area contributed by atoms with Gasteiger partial charge in [-0.2, -0.15) is 0 Å². The molecule has 0 aliphatic heterocycles. The van der Waals surface area contributed by atoms with Gasteiger partial charge in [-0.1, -0.05) is 48.0 Å². The average molecular weight is 326 g/mol. The Balaban J connectivity index is 1.85. The van der Waals surface area contributed by atoms with Crippen LogP contribution in [-0.2, 0) is 11.3 Å². The quantitative estimate of drug-likeness (QED) is 0.683. The van der Waals surface area contributed by atoms with E-state index in [2.05, 4.69) is 47.9 Å². The normalized spacial score (nSPS) is 10.2. The number of hydrogen-bond donors (Lipinski definition) is 3. The Morgan fingerprint density at radius 3 is 2.46 bits per heavy atom. The molecule has 3 N–H and O–H groups in total. The van der Waals surface area contributed by atoms with E-state index in [1.165, 1.54) is 5.56 Å². The van der Waals surface area contributed by atoms with Crippen molar-refractivity contribution in [1.29, 1.82) is 0 Å². The Morgan fingerprint density at radius 1 is 1.00 bits per heavy atom. The molecule has 5 nitrogen and oxygen atoms in total. The fourth-order valence-electron chi connectivity index (χ4n) is 2.29. The third-order valence-electron chi connectivity index (χ3n) is 3.62. The van der Waals surface area contributed by atoms with Crippen LogP contribution >= 0.6 is 0 Å². The maximum absolute atomic E-state index is 11.7. The van der Waals surface area contributed by atoms with Crippen LogP contribution < -0.4 is 10.6 Å². The van der Waals surface area contributed by atoms with Crippen LogP contribution in [0, 0.1) is 6.92 Å².